The molecule has 128 valence electrons. The summed E-state index contributed by atoms with van der Waals surface area (Å²) in [6.07, 6.45) is 2.18. The fraction of sp³-hybridized carbons (Fsp3) is 0.235. The van der Waals surface area contributed by atoms with Crippen molar-refractivity contribution < 1.29 is 9.32 Å². The average molecular weight is 339 g/mol. The van der Waals surface area contributed by atoms with Crippen LogP contribution in [0.3, 0.4) is 0 Å². The number of rotatable bonds is 6. The van der Waals surface area contributed by atoms with E-state index in [1.165, 1.54) is 10.7 Å². The van der Waals surface area contributed by atoms with Crippen LogP contribution in [0.2, 0.25) is 0 Å². The van der Waals surface area contributed by atoms with Crippen molar-refractivity contribution in [1.29, 1.82) is 0 Å². The molecule has 0 aliphatic carbocycles. The molecule has 1 N–H and O–H groups in total. The fourth-order valence-electron chi connectivity index (χ4n) is 2.28. The van der Waals surface area contributed by atoms with Gasteiger partial charge in [-0.15, -0.1) is 0 Å². The summed E-state index contributed by atoms with van der Waals surface area (Å²) in [5, 5.41) is 10.6. The smallest absolute Gasteiger partial charge is 0.266 e. The van der Waals surface area contributed by atoms with E-state index in [9.17, 15) is 9.59 Å². The maximum absolute atomic E-state index is 12.1. The summed E-state index contributed by atoms with van der Waals surface area (Å²) in [5.41, 5.74) is 1.17. The van der Waals surface area contributed by atoms with Gasteiger partial charge in [-0.25, -0.2) is 4.68 Å². The van der Waals surface area contributed by atoms with E-state index in [1.54, 1.807) is 43.5 Å². The van der Waals surface area contributed by atoms with Crippen LogP contribution < -0.4 is 10.9 Å². The number of carbonyl (C=O) groups is 1. The van der Waals surface area contributed by atoms with Crippen LogP contribution in [0.15, 0.2) is 51.9 Å². The molecule has 8 nitrogen and oxygen atoms in total. The topological polar surface area (TPSA) is 103 Å². The van der Waals surface area contributed by atoms with Gasteiger partial charge in [0.2, 0.25) is 11.7 Å². The first kappa shape index (κ1) is 16.6. The molecule has 1 amide bonds. The van der Waals surface area contributed by atoms with E-state index in [0.717, 1.165) is 5.56 Å². The highest BCUT2D eigenvalue weighted by atomic mass is 16.5. The summed E-state index contributed by atoms with van der Waals surface area (Å²) < 4.78 is 6.31. The monoisotopic (exact) mass is 339 g/mol. The van der Waals surface area contributed by atoms with Crippen LogP contribution in [0.5, 0.6) is 0 Å². The van der Waals surface area contributed by atoms with Gasteiger partial charge in [-0.2, -0.15) is 10.1 Å². The number of amides is 1. The minimum atomic E-state index is -0.177. The minimum Gasteiger partial charge on any atom is -0.352 e. The van der Waals surface area contributed by atoms with E-state index in [0.29, 0.717) is 36.8 Å². The predicted molar refractivity (Wildman–Crippen MR) is 89.9 cm³/mol. The van der Waals surface area contributed by atoms with E-state index in [-0.39, 0.29) is 11.5 Å². The van der Waals surface area contributed by atoms with Gasteiger partial charge in [0.25, 0.3) is 11.5 Å². The first-order valence-corrected chi connectivity index (χ1v) is 7.84. The van der Waals surface area contributed by atoms with E-state index in [4.69, 9.17) is 4.52 Å². The van der Waals surface area contributed by atoms with Gasteiger partial charge in [-0.05, 0) is 24.6 Å². The van der Waals surface area contributed by atoms with Crippen LogP contribution in [-0.2, 0) is 6.54 Å². The molecule has 0 spiro atoms. The van der Waals surface area contributed by atoms with Gasteiger partial charge in [0.1, 0.15) is 0 Å². The lowest BCUT2D eigenvalue weighted by atomic mass is 10.1. The van der Waals surface area contributed by atoms with Gasteiger partial charge < -0.3 is 9.84 Å². The summed E-state index contributed by atoms with van der Waals surface area (Å²) in [5.74, 6) is 0.804. The van der Waals surface area contributed by atoms with Gasteiger partial charge in [-0.3, -0.25) is 9.59 Å². The number of carbonyl (C=O) groups excluding carboxylic acids is 1. The first-order chi connectivity index (χ1) is 12.1. The van der Waals surface area contributed by atoms with Crippen molar-refractivity contribution in [2.75, 3.05) is 6.54 Å². The maximum atomic E-state index is 12.1. The number of hydrogen-bond acceptors (Lipinski definition) is 6. The van der Waals surface area contributed by atoms with Crippen molar-refractivity contribution in [3.8, 4) is 11.4 Å². The molecule has 3 aromatic rings. The van der Waals surface area contributed by atoms with Crippen LogP contribution in [0.25, 0.3) is 11.4 Å². The minimum absolute atomic E-state index is 0.152. The second-order valence-corrected chi connectivity index (χ2v) is 5.41. The zero-order valence-corrected chi connectivity index (χ0v) is 13.7. The highest BCUT2D eigenvalue weighted by Crippen LogP contribution is 2.16. The Balaban J connectivity index is 1.51. The molecule has 1 aromatic carbocycles. The number of aryl methyl sites for hydroxylation is 2. The van der Waals surface area contributed by atoms with Crippen LogP contribution in [0, 0.1) is 6.92 Å². The lowest BCUT2D eigenvalue weighted by molar-refractivity contribution is 0.0952. The molecular weight excluding hydrogens is 322 g/mol. The molecule has 2 heterocycles. The summed E-state index contributed by atoms with van der Waals surface area (Å²) in [6, 6.07) is 10.0. The number of benzene rings is 1. The molecule has 8 heteroatoms. The lowest BCUT2D eigenvalue weighted by Gasteiger charge is -2.06. The number of aromatic nitrogens is 4. The molecule has 0 aliphatic heterocycles. The quantitative estimate of drug-likeness (QED) is 0.681. The van der Waals surface area contributed by atoms with Crippen molar-refractivity contribution in [3.05, 3.63) is 64.4 Å². The molecule has 0 saturated heterocycles. The normalized spacial score (nSPS) is 10.6. The Labute approximate surface area is 143 Å². The molecule has 0 atom stereocenters. The summed E-state index contributed by atoms with van der Waals surface area (Å²) in [6.45, 7) is 2.63. The second-order valence-electron chi connectivity index (χ2n) is 5.41. The Morgan fingerprint density at radius 1 is 1.24 bits per heavy atom. The summed E-state index contributed by atoms with van der Waals surface area (Å²) in [4.78, 5) is 27.8. The number of nitrogens with one attached hydrogen (secondary N) is 1. The fourth-order valence-corrected chi connectivity index (χ4v) is 2.28. The van der Waals surface area contributed by atoms with Crippen molar-refractivity contribution in [2.24, 2.45) is 0 Å². The third-order valence-electron chi connectivity index (χ3n) is 3.55. The molecule has 0 saturated carbocycles. The number of nitrogens with zero attached hydrogens (tertiary/aromatic N) is 4. The van der Waals surface area contributed by atoms with Crippen LogP contribution in [-0.4, -0.2) is 32.4 Å². The summed E-state index contributed by atoms with van der Waals surface area (Å²) >= 11 is 0. The lowest BCUT2D eigenvalue weighted by Crippen LogP contribution is -2.27. The van der Waals surface area contributed by atoms with Gasteiger partial charge in [0, 0.05) is 43.4 Å². The Morgan fingerprint density at radius 2 is 2.04 bits per heavy atom. The zero-order chi connectivity index (χ0) is 17.6. The van der Waals surface area contributed by atoms with Crippen molar-refractivity contribution in [1.82, 2.24) is 25.2 Å². The third-order valence-corrected chi connectivity index (χ3v) is 3.55. The Bertz CT molecular complexity index is 914. The molecule has 0 bridgehead atoms. The van der Waals surface area contributed by atoms with Gasteiger partial charge in [-0.1, -0.05) is 17.3 Å². The zero-order valence-electron chi connectivity index (χ0n) is 13.7. The maximum Gasteiger partial charge on any atom is 0.266 e. The highest BCUT2D eigenvalue weighted by molar-refractivity contribution is 5.94. The molecule has 0 aliphatic rings. The predicted octanol–water partition coefficient (Wildman–Crippen LogP) is 1.42. The van der Waals surface area contributed by atoms with Crippen molar-refractivity contribution in [2.45, 2.75) is 19.9 Å². The molecule has 3 rings (SSSR count). The van der Waals surface area contributed by atoms with Gasteiger partial charge >= 0.3 is 0 Å². The standard InChI is InChI=1S/C17H17N5O3/c1-12-20-16(21-25-12)13-5-7-14(8-6-13)17(24)18-9-3-11-22-15(23)4-2-10-19-22/h2,4-8,10H,3,9,11H2,1H3,(H,18,24). The molecule has 25 heavy (non-hydrogen) atoms. The second kappa shape index (κ2) is 7.52. The molecule has 0 fully saturated rings. The first-order valence-electron chi connectivity index (χ1n) is 7.84. The van der Waals surface area contributed by atoms with Crippen LogP contribution >= 0.6 is 0 Å². The Hall–Kier alpha value is -3.29. The average Bonchev–Trinajstić information content (AvgIpc) is 3.06. The Morgan fingerprint density at radius 3 is 2.72 bits per heavy atom. The third kappa shape index (κ3) is 4.17. The molecule has 2 aromatic heterocycles. The highest BCUT2D eigenvalue weighted by Gasteiger charge is 2.08. The SMILES string of the molecule is Cc1nc(-c2ccc(C(=O)NCCCn3ncccc3=O)cc2)no1. The molecular formula is C17H17N5O3. The van der Waals surface area contributed by atoms with Crippen LogP contribution in [0.4, 0.5) is 0 Å². The largest absolute Gasteiger partial charge is 0.352 e. The van der Waals surface area contributed by atoms with Gasteiger partial charge in [0.15, 0.2) is 0 Å². The van der Waals surface area contributed by atoms with Crippen molar-refractivity contribution in [3.63, 3.8) is 0 Å². The molecule has 0 radical (unpaired) electrons. The van der Waals surface area contributed by atoms with E-state index in [2.05, 4.69) is 20.6 Å². The molecule has 0 unspecified atom stereocenters. The van der Waals surface area contributed by atoms with Gasteiger partial charge in [0.05, 0.1) is 0 Å². The van der Waals surface area contributed by atoms with Crippen molar-refractivity contribution >= 4 is 5.91 Å². The van der Waals surface area contributed by atoms with Crippen LogP contribution in [0.1, 0.15) is 22.7 Å². The van der Waals surface area contributed by atoms with E-state index in [1.807, 2.05) is 0 Å². The van der Waals surface area contributed by atoms with E-state index < -0.39 is 0 Å². The van der Waals surface area contributed by atoms with E-state index >= 15 is 0 Å². The summed E-state index contributed by atoms with van der Waals surface area (Å²) in [7, 11) is 0. The Kier molecular flexibility index (Phi) is 4.98. The number of hydrogen-bond donors (Lipinski definition) is 1.